The van der Waals surface area contributed by atoms with Gasteiger partial charge in [0, 0.05) is 36.4 Å². The molecule has 3 heteroatoms. The largest absolute Gasteiger partial charge is 0.508 e. The summed E-state index contributed by atoms with van der Waals surface area (Å²) in [5, 5.41) is 13.3. The summed E-state index contributed by atoms with van der Waals surface area (Å²) in [6.07, 6.45) is 3.37. The van der Waals surface area contributed by atoms with E-state index in [2.05, 4.69) is 29.3 Å². The van der Waals surface area contributed by atoms with E-state index in [1.165, 1.54) is 5.57 Å². The van der Waals surface area contributed by atoms with Crippen LogP contribution < -0.4 is 10.2 Å². The van der Waals surface area contributed by atoms with Crippen molar-refractivity contribution < 1.29 is 5.11 Å². The van der Waals surface area contributed by atoms with E-state index in [1.807, 2.05) is 26.1 Å². The molecule has 1 unspecified atom stereocenters. The number of rotatable bonds is 3. The molecule has 18 heavy (non-hydrogen) atoms. The fourth-order valence-corrected chi connectivity index (χ4v) is 2.38. The van der Waals surface area contributed by atoms with E-state index in [0.717, 1.165) is 30.8 Å². The first-order valence-corrected chi connectivity index (χ1v) is 6.52. The van der Waals surface area contributed by atoms with Crippen molar-refractivity contribution >= 4 is 5.69 Å². The zero-order chi connectivity index (χ0) is 13.1. The average molecular weight is 246 g/mol. The molecule has 1 heterocycles. The summed E-state index contributed by atoms with van der Waals surface area (Å²) in [6.45, 7) is 6.18. The van der Waals surface area contributed by atoms with Gasteiger partial charge in [-0.3, -0.25) is 0 Å². The minimum atomic E-state index is 0.169. The number of nitrogens with zero attached hydrogens (tertiary/aromatic N) is 1. The predicted molar refractivity (Wildman–Crippen MR) is 76.2 cm³/mol. The van der Waals surface area contributed by atoms with E-state index in [4.69, 9.17) is 0 Å². The maximum absolute atomic E-state index is 10.1. The number of hydrogen-bond donors (Lipinski definition) is 2. The van der Waals surface area contributed by atoms with Gasteiger partial charge in [0.15, 0.2) is 0 Å². The molecule has 0 saturated heterocycles. The molecule has 1 aromatic rings. The zero-order valence-corrected chi connectivity index (χ0v) is 11.4. The summed E-state index contributed by atoms with van der Waals surface area (Å²) < 4.78 is 0. The van der Waals surface area contributed by atoms with Gasteiger partial charge in [-0.2, -0.15) is 0 Å². The lowest BCUT2D eigenvalue weighted by Crippen LogP contribution is -2.29. The first-order chi connectivity index (χ1) is 8.61. The number of hydrogen-bond acceptors (Lipinski definition) is 3. The molecule has 0 fully saturated rings. The number of phenols is 1. The van der Waals surface area contributed by atoms with E-state index >= 15 is 0 Å². The summed E-state index contributed by atoms with van der Waals surface area (Å²) in [5.41, 5.74) is 3.45. The van der Waals surface area contributed by atoms with Gasteiger partial charge in [0.05, 0.1) is 0 Å². The van der Waals surface area contributed by atoms with Crippen LogP contribution in [0.2, 0.25) is 0 Å². The number of aromatic hydroxyl groups is 1. The van der Waals surface area contributed by atoms with E-state index in [-0.39, 0.29) is 6.04 Å². The van der Waals surface area contributed by atoms with Gasteiger partial charge in [-0.05, 0) is 33.4 Å². The number of anilines is 1. The summed E-state index contributed by atoms with van der Waals surface area (Å²) in [6, 6.07) is 6.16. The Morgan fingerprint density at radius 2 is 2.17 bits per heavy atom. The van der Waals surface area contributed by atoms with Gasteiger partial charge in [0.1, 0.15) is 5.75 Å². The monoisotopic (exact) mass is 246 g/mol. The van der Waals surface area contributed by atoms with Crippen LogP contribution in [0.15, 0.2) is 29.8 Å². The maximum Gasteiger partial charge on any atom is 0.122 e. The van der Waals surface area contributed by atoms with Crippen LogP contribution in [0.4, 0.5) is 5.69 Å². The fraction of sp³-hybridized carbons (Fsp3) is 0.467. The molecule has 98 valence electrons. The topological polar surface area (TPSA) is 35.5 Å². The number of phenolic OH excluding ortho intramolecular Hbond substituents is 1. The first kappa shape index (κ1) is 13.0. The molecular weight excluding hydrogens is 224 g/mol. The Labute approximate surface area is 109 Å². The Kier molecular flexibility index (Phi) is 3.92. The molecule has 1 aromatic carbocycles. The van der Waals surface area contributed by atoms with Crippen LogP contribution in [0.3, 0.4) is 0 Å². The number of benzene rings is 1. The van der Waals surface area contributed by atoms with Gasteiger partial charge < -0.3 is 15.3 Å². The van der Waals surface area contributed by atoms with Gasteiger partial charge in [-0.25, -0.2) is 0 Å². The lowest BCUT2D eigenvalue weighted by Gasteiger charge is -2.29. The second-order valence-corrected chi connectivity index (χ2v) is 5.01. The molecule has 0 aromatic heterocycles. The lowest BCUT2D eigenvalue weighted by molar-refractivity contribution is 0.458. The van der Waals surface area contributed by atoms with Crippen molar-refractivity contribution in [2.24, 2.45) is 0 Å². The average Bonchev–Trinajstić information content (AvgIpc) is 2.37. The smallest absolute Gasteiger partial charge is 0.122 e. The first-order valence-electron chi connectivity index (χ1n) is 6.52. The molecule has 0 aliphatic carbocycles. The van der Waals surface area contributed by atoms with Crippen LogP contribution in [0, 0.1) is 0 Å². The van der Waals surface area contributed by atoms with Crippen LogP contribution in [0.1, 0.15) is 31.9 Å². The number of nitrogens with one attached hydrogen (secondary N) is 1. The molecule has 1 aliphatic heterocycles. The normalized spacial score (nSPS) is 17.5. The van der Waals surface area contributed by atoms with Crippen molar-refractivity contribution in [3.8, 4) is 5.75 Å². The molecule has 3 nitrogen and oxygen atoms in total. The van der Waals surface area contributed by atoms with E-state index < -0.39 is 0 Å². The van der Waals surface area contributed by atoms with Crippen molar-refractivity contribution in [2.45, 2.75) is 26.3 Å². The molecule has 0 radical (unpaired) electrons. The summed E-state index contributed by atoms with van der Waals surface area (Å²) in [4.78, 5) is 2.31. The van der Waals surface area contributed by atoms with Gasteiger partial charge in [0.2, 0.25) is 0 Å². The van der Waals surface area contributed by atoms with Crippen LogP contribution in [0.25, 0.3) is 0 Å². The fourth-order valence-electron chi connectivity index (χ4n) is 2.38. The van der Waals surface area contributed by atoms with Crippen molar-refractivity contribution in [3.63, 3.8) is 0 Å². The van der Waals surface area contributed by atoms with Crippen LogP contribution in [0.5, 0.6) is 5.75 Å². The molecule has 0 saturated carbocycles. The summed E-state index contributed by atoms with van der Waals surface area (Å²) >= 11 is 0. The minimum Gasteiger partial charge on any atom is -0.508 e. The van der Waals surface area contributed by atoms with Gasteiger partial charge in [0.25, 0.3) is 0 Å². The molecule has 2 N–H and O–H groups in total. The van der Waals surface area contributed by atoms with E-state index in [9.17, 15) is 5.11 Å². The second kappa shape index (κ2) is 5.44. The Morgan fingerprint density at radius 3 is 2.78 bits per heavy atom. The molecule has 0 amide bonds. The third-order valence-corrected chi connectivity index (χ3v) is 3.61. The van der Waals surface area contributed by atoms with E-state index in [1.54, 1.807) is 0 Å². The maximum atomic E-state index is 10.1. The highest BCUT2D eigenvalue weighted by molar-refractivity contribution is 5.55. The molecule has 0 bridgehead atoms. The standard InChI is InChI=1S/C15H22N2O/c1-11-5-4-8-17(10-11)13-6-7-14(12(2)16-3)15(18)9-13/h5-7,9,12,16,18H,4,8,10H2,1-3H3. The highest BCUT2D eigenvalue weighted by Crippen LogP contribution is 2.30. The van der Waals surface area contributed by atoms with Gasteiger partial charge >= 0.3 is 0 Å². The van der Waals surface area contributed by atoms with Crippen molar-refractivity contribution in [1.82, 2.24) is 5.32 Å². The molecule has 0 spiro atoms. The summed E-state index contributed by atoms with van der Waals surface area (Å²) in [5.74, 6) is 0.376. The summed E-state index contributed by atoms with van der Waals surface area (Å²) in [7, 11) is 1.90. The quantitative estimate of drug-likeness (QED) is 0.805. The van der Waals surface area contributed by atoms with Crippen LogP contribution in [-0.4, -0.2) is 25.2 Å². The molecule has 2 rings (SSSR count). The third kappa shape index (κ3) is 2.67. The van der Waals surface area contributed by atoms with Gasteiger partial charge in [-0.15, -0.1) is 0 Å². The third-order valence-electron chi connectivity index (χ3n) is 3.61. The Morgan fingerprint density at radius 1 is 1.39 bits per heavy atom. The zero-order valence-electron chi connectivity index (χ0n) is 11.4. The predicted octanol–water partition coefficient (Wildman–Crippen LogP) is 2.83. The highest BCUT2D eigenvalue weighted by atomic mass is 16.3. The Bertz CT molecular complexity index is 454. The molecular formula is C15H22N2O. The SMILES string of the molecule is CNC(C)c1ccc(N2CCC=C(C)C2)cc1O. The Hall–Kier alpha value is -1.48. The minimum absolute atomic E-state index is 0.169. The lowest BCUT2D eigenvalue weighted by atomic mass is 10.1. The molecule has 1 aliphatic rings. The van der Waals surface area contributed by atoms with Crippen LogP contribution >= 0.6 is 0 Å². The second-order valence-electron chi connectivity index (χ2n) is 5.01. The Balaban J connectivity index is 2.21. The van der Waals surface area contributed by atoms with Gasteiger partial charge in [-0.1, -0.05) is 17.7 Å². The highest BCUT2D eigenvalue weighted by Gasteiger charge is 2.14. The van der Waals surface area contributed by atoms with Crippen molar-refractivity contribution in [3.05, 3.63) is 35.4 Å². The molecule has 1 atom stereocenters. The van der Waals surface area contributed by atoms with E-state index in [0.29, 0.717) is 5.75 Å². The van der Waals surface area contributed by atoms with Crippen LogP contribution in [-0.2, 0) is 0 Å². The van der Waals surface area contributed by atoms with Crippen molar-refractivity contribution in [1.29, 1.82) is 0 Å². The van der Waals surface area contributed by atoms with Crippen molar-refractivity contribution in [2.75, 3.05) is 25.0 Å².